The predicted octanol–water partition coefficient (Wildman–Crippen LogP) is 2.60. The number of hydrogen-bond donors (Lipinski definition) is 2. The lowest BCUT2D eigenvalue weighted by molar-refractivity contribution is 0.0929. The number of Topliss-reactive ketones (excluding diaryl/α,β-unsaturated/α-hetero) is 1. The summed E-state index contributed by atoms with van der Waals surface area (Å²) in [6, 6.07) is 13.6. The summed E-state index contributed by atoms with van der Waals surface area (Å²) in [5.74, 6) is 1.36. The molecule has 2 N–H and O–H groups in total. The van der Waals surface area contributed by atoms with Gasteiger partial charge in [-0.2, -0.15) is 0 Å². The maximum Gasteiger partial charge on any atom is 0.184 e. The van der Waals surface area contributed by atoms with Crippen molar-refractivity contribution in [2.75, 3.05) is 20.8 Å². The first-order valence-corrected chi connectivity index (χ1v) is 7.78. The fraction of sp³-hybridized carbons (Fsp3) is 0.316. The van der Waals surface area contributed by atoms with Crippen LogP contribution in [0.25, 0.3) is 0 Å². The van der Waals surface area contributed by atoms with Gasteiger partial charge in [-0.1, -0.05) is 12.1 Å². The molecule has 2 aromatic carbocycles. The molecule has 0 aromatic heterocycles. The number of aliphatic hydroxyl groups excluding tert-OH is 1. The Hall–Kier alpha value is -2.37. The van der Waals surface area contributed by atoms with Gasteiger partial charge in [-0.05, 0) is 48.9 Å². The zero-order valence-electron chi connectivity index (χ0n) is 14.2. The van der Waals surface area contributed by atoms with E-state index < -0.39 is 6.04 Å². The number of carbonyl (C=O) groups is 1. The molecular formula is C19H23NO4. The van der Waals surface area contributed by atoms with Gasteiger partial charge >= 0.3 is 0 Å². The van der Waals surface area contributed by atoms with Gasteiger partial charge in [0, 0.05) is 11.6 Å². The van der Waals surface area contributed by atoms with E-state index in [2.05, 4.69) is 5.32 Å². The minimum absolute atomic E-state index is 0.0530. The Bertz CT molecular complexity index is 652. The van der Waals surface area contributed by atoms with Gasteiger partial charge in [0.15, 0.2) is 5.78 Å². The van der Waals surface area contributed by atoms with Crippen LogP contribution in [0.3, 0.4) is 0 Å². The summed E-state index contributed by atoms with van der Waals surface area (Å²) in [6.45, 7) is 1.78. The first-order valence-electron chi connectivity index (χ1n) is 7.78. The molecule has 0 fully saturated rings. The first-order chi connectivity index (χ1) is 11.6. The van der Waals surface area contributed by atoms with E-state index in [1.807, 2.05) is 31.2 Å². The van der Waals surface area contributed by atoms with E-state index in [0.29, 0.717) is 11.3 Å². The van der Waals surface area contributed by atoms with Crippen molar-refractivity contribution in [2.24, 2.45) is 0 Å². The summed E-state index contributed by atoms with van der Waals surface area (Å²) >= 11 is 0. The molecule has 0 aliphatic carbocycles. The molecule has 0 aliphatic rings. The molecule has 0 amide bonds. The van der Waals surface area contributed by atoms with Crippen molar-refractivity contribution in [3.8, 4) is 11.5 Å². The first kappa shape index (κ1) is 18.0. The van der Waals surface area contributed by atoms with E-state index in [-0.39, 0.29) is 18.4 Å². The number of rotatable bonds is 8. The number of ketones is 1. The van der Waals surface area contributed by atoms with Crippen LogP contribution in [0.1, 0.15) is 28.9 Å². The van der Waals surface area contributed by atoms with Gasteiger partial charge in [0.05, 0.1) is 26.9 Å². The number of carbonyl (C=O) groups excluding carboxylic acids is 1. The lowest BCUT2D eigenvalue weighted by Crippen LogP contribution is -2.37. The Kier molecular flexibility index (Phi) is 6.35. The van der Waals surface area contributed by atoms with E-state index in [1.54, 1.807) is 38.5 Å². The van der Waals surface area contributed by atoms with Crippen molar-refractivity contribution in [2.45, 2.75) is 19.0 Å². The van der Waals surface area contributed by atoms with Crippen molar-refractivity contribution in [3.63, 3.8) is 0 Å². The van der Waals surface area contributed by atoms with Gasteiger partial charge in [-0.25, -0.2) is 0 Å². The summed E-state index contributed by atoms with van der Waals surface area (Å²) in [5.41, 5.74) is 1.39. The fourth-order valence-corrected chi connectivity index (χ4v) is 2.38. The Morgan fingerprint density at radius 3 is 1.96 bits per heavy atom. The fourth-order valence-electron chi connectivity index (χ4n) is 2.38. The second-order valence-electron chi connectivity index (χ2n) is 5.55. The van der Waals surface area contributed by atoms with E-state index in [1.165, 1.54) is 0 Å². The van der Waals surface area contributed by atoms with Crippen molar-refractivity contribution in [1.82, 2.24) is 5.32 Å². The number of benzene rings is 2. The molecule has 2 rings (SSSR count). The second-order valence-corrected chi connectivity index (χ2v) is 5.55. The zero-order valence-corrected chi connectivity index (χ0v) is 14.2. The average molecular weight is 329 g/mol. The third-order valence-electron chi connectivity index (χ3n) is 3.81. The third-order valence-corrected chi connectivity index (χ3v) is 3.81. The van der Waals surface area contributed by atoms with E-state index in [0.717, 1.165) is 11.3 Å². The van der Waals surface area contributed by atoms with Crippen molar-refractivity contribution >= 4 is 5.78 Å². The van der Waals surface area contributed by atoms with Crippen molar-refractivity contribution < 1.29 is 19.4 Å². The average Bonchev–Trinajstić information content (AvgIpc) is 2.65. The molecule has 24 heavy (non-hydrogen) atoms. The predicted molar refractivity (Wildman–Crippen MR) is 92.7 cm³/mol. The standard InChI is InChI=1S/C19H23NO4/c1-13(12-21)20-18(14-4-8-16(23-2)9-5-14)19(22)15-6-10-17(24-3)11-7-15/h4-11,13,18,20-21H,12H2,1-3H3. The van der Waals surface area contributed by atoms with Crippen LogP contribution in [-0.4, -0.2) is 37.8 Å². The number of aliphatic hydroxyl groups is 1. The summed E-state index contributed by atoms with van der Waals surface area (Å²) < 4.78 is 10.3. The molecule has 0 saturated carbocycles. The van der Waals surface area contributed by atoms with Crippen LogP contribution < -0.4 is 14.8 Å². The van der Waals surface area contributed by atoms with E-state index in [9.17, 15) is 9.90 Å². The Labute approximate surface area is 142 Å². The number of methoxy groups -OCH3 is 2. The smallest absolute Gasteiger partial charge is 0.184 e. The maximum atomic E-state index is 12.9. The highest BCUT2D eigenvalue weighted by molar-refractivity contribution is 6.00. The molecule has 0 heterocycles. The number of ether oxygens (including phenoxy) is 2. The summed E-state index contributed by atoms with van der Waals surface area (Å²) in [7, 11) is 3.18. The molecule has 0 bridgehead atoms. The molecule has 0 aliphatic heterocycles. The highest BCUT2D eigenvalue weighted by atomic mass is 16.5. The van der Waals surface area contributed by atoms with Crippen LogP contribution in [0.15, 0.2) is 48.5 Å². The lowest BCUT2D eigenvalue weighted by atomic mass is 9.96. The van der Waals surface area contributed by atoms with Crippen LogP contribution in [0.4, 0.5) is 0 Å². The molecule has 2 unspecified atom stereocenters. The molecule has 5 nitrogen and oxygen atoms in total. The van der Waals surface area contributed by atoms with Crippen LogP contribution in [-0.2, 0) is 0 Å². The van der Waals surface area contributed by atoms with E-state index in [4.69, 9.17) is 9.47 Å². The summed E-state index contributed by atoms with van der Waals surface area (Å²) in [5, 5.41) is 12.5. The van der Waals surface area contributed by atoms with Crippen LogP contribution in [0.2, 0.25) is 0 Å². The molecule has 5 heteroatoms. The molecule has 2 aromatic rings. The SMILES string of the molecule is COc1ccc(C(=O)C(NC(C)CO)c2ccc(OC)cc2)cc1. The van der Waals surface area contributed by atoms with Crippen LogP contribution in [0.5, 0.6) is 11.5 Å². The van der Waals surface area contributed by atoms with Gasteiger partial charge in [0.25, 0.3) is 0 Å². The highest BCUT2D eigenvalue weighted by Gasteiger charge is 2.23. The normalized spacial score (nSPS) is 13.2. The summed E-state index contributed by atoms with van der Waals surface area (Å²) in [4.78, 5) is 12.9. The molecular weight excluding hydrogens is 306 g/mol. The number of hydrogen-bond acceptors (Lipinski definition) is 5. The molecule has 2 atom stereocenters. The lowest BCUT2D eigenvalue weighted by Gasteiger charge is -2.22. The zero-order chi connectivity index (χ0) is 17.5. The van der Waals surface area contributed by atoms with Crippen LogP contribution in [0, 0.1) is 0 Å². The Balaban J connectivity index is 2.30. The van der Waals surface area contributed by atoms with Gasteiger partial charge in [0.1, 0.15) is 11.5 Å². The third kappa shape index (κ3) is 4.34. The largest absolute Gasteiger partial charge is 0.497 e. The van der Waals surface area contributed by atoms with E-state index >= 15 is 0 Å². The Morgan fingerprint density at radius 1 is 1.00 bits per heavy atom. The second kappa shape index (κ2) is 8.47. The molecule has 0 radical (unpaired) electrons. The highest BCUT2D eigenvalue weighted by Crippen LogP contribution is 2.23. The Morgan fingerprint density at radius 2 is 1.50 bits per heavy atom. The van der Waals surface area contributed by atoms with Gasteiger partial charge in [-0.15, -0.1) is 0 Å². The quantitative estimate of drug-likeness (QED) is 0.729. The molecule has 0 saturated heterocycles. The minimum atomic E-state index is -0.550. The van der Waals surface area contributed by atoms with Crippen molar-refractivity contribution in [1.29, 1.82) is 0 Å². The van der Waals surface area contributed by atoms with Gasteiger partial charge in [-0.3, -0.25) is 10.1 Å². The van der Waals surface area contributed by atoms with Gasteiger partial charge in [0.2, 0.25) is 0 Å². The van der Waals surface area contributed by atoms with Crippen LogP contribution >= 0.6 is 0 Å². The minimum Gasteiger partial charge on any atom is -0.497 e. The maximum absolute atomic E-state index is 12.9. The molecule has 128 valence electrons. The monoisotopic (exact) mass is 329 g/mol. The molecule has 0 spiro atoms. The van der Waals surface area contributed by atoms with Crippen molar-refractivity contribution in [3.05, 3.63) is 59.7 Å². The summed E-state index contributed by atoms with van der Waals surface area (Å²) in [6.07, 6.45) is 0. The number of nitrogens with one attached hydrogen (secondary N) is 1. The van der Waals surface area contributed by atoms with Gasteiger partial charge < -0.3 is 14.6 Å². The topological polar surface area (TPSA) is 67.8 Å².